The molecule has 29 heavy (non-hydrogen) atoms. The van der Waals surface area contributed by atoms with Crippen molar-refractivity contribution in [3.8, 4) is 5.75 Å². The van der Waals surface area contributed by atoms with Crippen LogP contribution in [0.5, 0.6) is 5.75 Å². The molecule has 1 heterocycles. The summed E-state index contributed by atoms with van der Waals surface area (Å²) >= 11 is 0. The third-order valence-electron chi connectivity index (χ3n) is 4.63. The fourth-order valence-electron chi connectivity index (χ4n) is 3.05. The van der Waals surface area contributed by atoms with Gasteiger partial charge in [0.25, 0.3) is 5.91 Å². The summed E-state index contributed by atoms with van der Waals surface area (Å²) in [6, 6.07) is 16.8. The third kappa shape index (κ3) is 4.86. The molecule has 0 aliphatic rings. The molecular formula is C22H23NO5S. The summed E-state index contributed by atoms with van der Waals surface area (Å²) in [5.74, 6) is -0.0166. The van der Waals surface area contributed by atoms with Gasteiger partial charge in [-0.25, -0.2) is 8.42 Å². The first-order valence-electron chi connectivity index (χ1n) is 9.23. The number of sulfone groups is 1. The van der Waals surface area contributed by atoms with Crippen LogP contribution in [0.1, 0.15) is 41.1 Å². The molecule has 0 aliphatic heterocycles. The lowest BCUT2D eigenvalue weighted by Crippen LogP contribution is -2.28. The molecule has 7 heteroatoms. The minimum absolute atomic E-state index is 0.0106. The zero-order valence-corrected chi connectivity index (χ0v) is 17.1. The Kier molecular flexibility index (Phi) is 6.39. The van der Waals surface area contributed by atoms with Gasteiger partial charge in [0.05, 0.1) is 30.1 Å². The zero-order chi connectivity index (χ0) is 20.9. The van der Waals surface area contributed by atoms with Gasteiger partial charge in [0.1, 0.15) is 5.75 Å². The van der Waals surface area contributed by atoms with Crippen LogP contribution in [0.15, 0.2) is 76.2 Å². The Hall–Kier alpha value is -3.06. The SMILES string of the molecule is CCC(NC(=O)c1occc1CS(=O)(=O)c1ccccc1)c1ccc(OC)cc1. The average Bonchev–Trinajstić information content (AvgIpc) is 3.20. The molecule has 1 N–H and O–H groups in total. The van der Waals surface area contributed by atoms with E-state index in [0.29, 0.717) is 12.0 Å². The molecule has 1 aromatic heterocycles. The standard InChI is InChI=1S/C22H23NO5S/c1-3-20(16-9-11-18(27-2)12-10-16)23-22(24)21-17(13-14-28-21)15-29(25,26)19-7-5-4-6-8-19/h4-14,20H,3,15H2,1-2H3,(H,23,24). The summed E-state index contributed by atoms with van der Waals surface area (Å²) in [5.41, 5.74) is 1.25. The first-order chi connectivity index (χ1) is 13.9. The lowest BCUT2D eigenvalue weighted by Gasteiger charge is -2.17. The molecule has 1 unspecified atom stereocenters. The van der Waals surface area contributed by atoms with Crippen LogP contribution in [0, 0.1) is 0 Å². The molecule has 1 amide bonds. The van der Waals surface area contributed by atoms with Gasteiger partial charge in [0.15, 0.2) is 15.6 Å². The predicted molar refractivity (Wildman–Crippen MR) is 110 cm³/mol. The van der Waals surface area contributed by atoms with E-state index in [1.54, 1.807) is 25.3 Å². The number of methoxy groups -OCH3 is 1. The Morgan fingerprint density at radius 1 is 1.07 bits per heavy atom. The predicted octanol–water partition coefficient (Wildman–Crippen LogP) is 4.14. The van der Waals surface area contributed by atoms with Gasteiger partial charge in [0, 0.05) is 5.56 Å². The van der Waals surface area contributed by atoms with Crippen LogP contribution in [-0.2, 0) is 15.6 Å². The second kappa shape index (κ2) is 8.96. The molecule has 152 valence electrons. The molecule has 3 rings (SSSR count). The summed E-state index contributed by atoms with van der Waals surface area (Å²) in [4.78, 5) is 13.0. The molecule has 2 aromatic carbocycles. The van der Waals surface area contributed by atoms with Crippen molar-refractivity contribution >= 4 is 15.7 Å². The van der Waals surface area contributed by atoms with Gasteiger partial charge < -0.3 is 14.5 Å². The molecule has 0 fully saturated rings. The van der Waals surface area contributed by atoms with Gasteiger partial charge in [-0.1, -0.05) is 37.3 Å². The Bertz CT molecular complexity index is 1060. The zero-order valence-electron chi connectivity index (χ0n) is 16.3. The molecule has 0 spiro atoms. The fraction of sp³-hybridized carbons (Fsp3) is 0.227. The summed E-state index contributed by atoms with van der Waals surface area (Å²) in [5, 5.41) is 2.92. The molecule has 1 atom stereocenters. The van der Waals surface area contributed by atoms with Gasteiger partial charge in [0.2, 0.25) is 0 Å². The molecular weight excluding hydrogens is 390 g/mol. The first-order valence-corrected chi connectivity index (χ1v) is 10.9. The number of furan rings is 1. The number of hydrogen-bond acceptors (Lipinski definition) is 5. The molecule has 0 aliphatic carbocycles. The van der Waals surface area contributed by atoms with E-state index in [-0.39, 0.29) is 22.5 Å². The summed E-state index contributed by atoms with van der Waals surface area (Å²) in [7, 11) is -1.99. The van der Waals surface area contributed by atoms with Crippen LogP contribution in [-0.4, -0.2) is 21.4 Å². The van der Waals surface area contributed by atoms with Gasteiger partial charge in [-0.05, 0) is 42.3 Å². The Balaban J connectivity index is 1.77. The van der Waals surface area contributed by atoms with Crippen LogP contribution >= 0.6 is 0 Å². The quantitative estimate of drug-likeness (QED) is 0.600. The van der Waals surface area contributed by atoms with E-state index in [0.717, 1.165) is 11.3 Å². The molecule has 0 saturated heterocycles. The second-order valence-corrected chi connectivity index (χ2v) is 8.54. The molecule has 6 nitrogen and oxygen atoms in total. The van der Waals surface area contributed by atoms with Crippen molar-refractivity contribution in [2.75, 3.05) is 7.11 Å². The topological polar surface area (TPSA) is 85.6 Å². The van der Waals surface area contributed by atoms with Crippen molar-refractivity contribution in [3.63, 3.8) is 0 Å². The van der Waals surface area contributed by atoms with E-state index in [2.05, 4.69) is 5.32 Å². The smallest absolute Gasteiger partial charge is 0.287 e. The fourth-order valence-corrected chi connectivity index (χ4v) is 4.42. The van der Waals surface area contributed by atoms with E-state index in [1.807, 2.05) is 31.2 Å². The highest BCUT2D eigenvalue weighted by Crippen LogP contribution is 2.23. The number of rotatable bonds is 8. The number of benzene rings is 2. The van der Waals surface area contributed by atoms with Crippen LogP contribution in [0.4, 0.5) is 0 Å². The van der Waals surface area contributed by atoms with E-state index in [9.17, 15) is 13.2 Å². The minimum atomic E-state index is -3.59. The lowest BCUT2D eigenvalue weighted by atomic mass is 10.0. The van der Waals surface area contributed by atoms with E-state index < -0.39 is 15.7 Å². The summed E-state index contributed by atoms with van der Waals surface area (Å²) in [6.07, 6.45) is 2.00. The number of ether oxygens (including phenoxy) is 1. The van der Waals surface area contributed by atoms with Crippen molar-refractivity contribution in [1.29, 1.82) is 0 Å². The Labute approximate surface area is 170 Å². The minimum Gasteiger partial charge on any atom is -0.497 e. The van der Waals surface area contributed by atoms with Crippen molar-refractivity contribution in [2.45, 2.75) is 30.0 Å². The number of nitrogens with one attached hydrogen (secondary N) is 1. The number of carbonyl (C=O) groups excluding carboxylic acids is 1. The maximum absolute atomic E-state index is 12.8. The van der Waals surface area contributed by atoms with Crippen LogP contribution in [0.2, 0.25) is 0 Å². The second-order valence-electron chi connectivity index (χ2n) is 6.55. The monoisotopic (exact) mass is 413 g/mol. The van der Waals surface area contributed by atoms with Crippen LogP contribution in [0.25, 0.3) is 0 Å². The largest absolute Gasteiger partial charge is 0.497 e. The maximum atomic E-state index is 12.8. The molecule has 3 aromatic rings. The molecule has 0 radical (unpaired) electrons. The van der Waals surface area contributed by atoms with E-state index >= 15 is 0 Å². The van der Waals surface area contributed by atoms with E-state index in [1.165, 1.54) is 24.5 Å². The maximum Gasteiger partial charge on any atom is 0.287 e. The first kappa shape index (κ1) is 20.7. The van der Waals surface area contributed by atoms with Gasteiger partial charge >= 0.3 is 0 Å². The number of carbonyl (C=O) groups is 1. The highest BCUT2D eigenvalue weighted by atomic mass is 32.2. The van der Waals surface area contributed by atoms with Gasteiger partial charge in [-0.2, -0.15) is 0 Å². The van der Waals surface area contributed by atoms with Crippen LogP contribution < -0.4 is 10.1 Å². The van der Waals surface area contributed by atoms with Crippen molar-refractivity contribution in [3.05, 3.63) is 83.8 Å². The van der Waals surface area contributed by atoms with Gasteiger partial charge in [-0.3, -0.25) is 4.79 Å². The Morgan fingerprint density at radius 3 is 2.38 bits per heavy atom. The third-order valence-corrected chi connectivity index (χ3v) is 6.31. The molecule has 0 saturated carbocycles. The lowest BCUT2D eigenvalue weighted by molar-refractivity contribution is 0.0906. The van der Waals surface area contributed by atoms with Gasteiger partial charge in [-0.15, -0.1) is 0 Å². The normalized spacial score (nSPS) is 12.3. The highest BCUT2D eigenvalue weighted by Gasteiger charge is 2.24. The summed E-state index contributed by atoms with van der Waals surface area (Å²) < 4.78 is 35.8. The number of amides is 1. The average molecular weight is 413 g/mol. The van der Waals surface area contributed by atoms with E-state index in [4.69, 9.17) is 9.15 Å². The van der Waals surface area contributed by atoms with Crippen molar-refractivity contribution in [2.24, 2.45) is 0 Å². The Morgan fingerprint density at radius 2 is 1.76 bits per heavy atom. The molecule has 0 bridgehead atoms. The number of hydrogen-bond donors (Lipinski definition) is 1. The van der Waals surface area contributed by atoms with Crippen LogP contribution in [0.3, 0.4) is 0 Å². The van der Waals surface area contributed by atoms with Crippen molar-refractivity contribution < 1.29 is 22.4 Å². The van der Waals surface area contributed by atoms with Crippen molar-refractivity contribution in [1.82, 2.24) is 5.32 Å². The highest BCUT2D eigenvalue weighted by molar-refractivity contribution is 7.90. The summed E-state index contributed by atoms with van der Waals surface area (Å²) in [6.45, 7) is 1.96.